The molecule has 1 aromatic heterocycles. The third-order valence-electron chi connectivity index (χ3n) is 4.29. The molecule has 2 heterocycles. The Morgan fingerprint density at radius 2 is 2.19 bits per heavy atom. The largest absolute Gasteiger partial charge is 0.369 e. The van der Waals surface area contributed by atoms with Gasteiger partial charge in [0.25, 0.3) is 5.91 Å². The lowest BCUT2D eigenvalue weighted by atomic mass is 9.95. The van der Waals surface area contributed by atoms with Gasteiger partial charge in [-0.2, -0.15) is 0 Å². The normalized spacial score (nSPS) is 23.5. The number of primary amides is 1. The highest BCUT2D eigenvalue weighted by atomic mass is 32.1. The highest BCUT2D eigenvalue weighted by Crippen LogP contribution is 2.09. The first-order valence-electron chi connectivity index (χ1n) is 7.52. The zero-order valence-electron chi connectivity index (χ0n) is 12.4. The van der Waals surface area contributed by atoms with Gasteiger partial charge in [-0.15, -0.1) is 11.3 Å². The predicted octanol–water partition coefficient (Wildman–Crippen LogP) is -0.424. The van der Waals surface area contributed by atoms with Crippen LogP contribution in [0.25, 0.3) is 0 Å². The molecule has 6 heteroatoms. The molecular formula is C15H24N3O2S+. The van der Waals surface area contributed by atoms with Gasteiger partial charge >= 0.3 is 0 Å². The van der Waals surface area contributed by atoms with Gasteiger partial charge in [0.2, 0.25) is 5.91 Å². The molecule has 4 N–H and O–H groups in total. The number of rotatable bonds is 6. The maximum absolute atomic E-state index is 12.2. The topological polar surface area (TPSA) is 76.6 Å². The van der Waals surface area contributed by atoms with Crippen LogP contribution >= 0.6 is 11.3 Å². The summed E-state index contributed by atoms with van der Waals surface area (Å²) in [6.07, 6.45) is 2.46. The lowest BCUT2D eigenvalue weighted by Gasteiger charge is -2.31. The average molecular weight is 310 g/mol. The Hall–Kier alpha value is -1.40. The fourth-order valence-corrected chi connectivity index (χ4v) is 3.52. The molecule has 1 fully saturated rings. The number of carbonyl (C=O) groups excluding carboxylic acids is 2. The fourth-order valence-electron chi connectivity index (χ4n) is 2.81. The highest BCUT2D eigenvalue weighted by Gasteiger charge is 2.31. The smallest absolute Gasteiger partial charge is 0.278 e. The summed E-state index contributed by atoms with van der Waals surface area (Å²) in [6, 6.07) is 4.04. The second-order valence-electron chi connectivity index (χ2n) is 5.68. The van der Waals surface area contributed by atoms with Crippen molar-refractivity contribution in [2.75, 3.05) is 19.6 Å². The van der Waals surface area contributed by atoms with Crippen LogP contribution in [-0.4, -0.2) is 37.5 Å². The first-order chi connectivity index (χ1) is 10.1. The monoisotopic (exact) mass is 310 g/mol. The number of nitrogens with one attached hydrogen (secondary N) is 2. The van der Waals surface area contributed by atoms with E-state index in [-0.39, 0.29) is 23.8 Å². The van der Waals surface area contributed by atoms with Crippen LogP contribution in [0, 0.1) is 5.92 Å². The standard InChI is InChI=1S/C15H23N3O2S/c1-11(18-8-5-12(6-9-18)14(16)19)15(20)17-7-4-13-3-2-10-21-13/h2-3,10-12H,4-9H2,1H3,(H2,16,19)(H,17,20)/p+1/t11-/m0/s1. The Kier molecular flexibility index (Phi) is 5.76. The van der Waals surface area contributed by atoms with Gasteiger partial charge in [0.05, 0.1) is 13.1 Å². The predicted molar refractivity (Wildman–Crippen MR) is 83.1 cm³/mol. The molecule has 0 aromatic carbocycles. The van der Waals surface area contributed by atoms with Crippen LogP contribution in [0.15, 0.2) is 17.5 Å². The zero-order chi connectivity index (χ0) is 15.2. The molecular weight excluding hydrogens is 286 g/mol. The Labute approximate surface area is 129 Å². The molecule has 0 saturated carbocycles. The fraction of sp³-hybridized carbons (Fsp3) is 0.600. The lowest BCUT2D eigenvalue weighted by molar-refractivity contribution is -0.919. The summed E-state index contributed by atoms with van der Waals surface area (Å²) in [7, 11) is 0. The third kappa shape index (κ3) is 4.54. The van der Waals surface area contributed by atoms with Gasteiger partial charge < -0.3 is 16.0 Å². The number of quaternary nitrogens is 1. The number of nitrogens with two attached hydrogens (primary N) is 1. The minimum atomic E-state index is -0.206. The Bertz CT molecular complexity index is 467. The van der Waals surface area contributed by atoms with E-state index in [0.29, 0.717) is 6.54 Å². The van der Waals surface area contributed by atoms with E-state index in [1.165, 1.54) is 9.78 Å². The highest BCUT2D eigenvalue weighted by molar-refractivity contribution is 7.09. The quantitative estimate of drug-likeness (QED) is 0.667. The molecule has 1 aliphatic heterocycles. The summed E-state index contributed by atoms with van der Waals surface area (Å²) < 4.78 is 0. The van der Waals surface area contributed by atoms with Crippen molar-refractivity contribution in [1.29, 1.82) is 0 Å². The zero-order valence-corrected chi connectivity index (χ0v) is 13.2. The molecule has 0 radical (unpaired) electrons. The molecule has 2 rings (SSSR count). The number of thiophene rings is 1. The van der Waals surface area contributed by atoms with Crippen molar-refractivity contribution in [3.05, 3.63) is 22.4 Å². The van der Waals surface area contributed by atoms with Crippen LogP contribution in [0.1, 0.15) is 24.6 Å². The average Bonchev–Trinajstić information content (AvgIpc) is 2.99. The molecule has 21 heavy (non-hydrogen) atoms. The van der Waals surface area contributed by atoms with Crippen LogP contribution in [-0.2, 0) is 16.0 Å². The molecule has 0 spiro atoms. The lowest BCUT2D eigenvalue weighted by Crippen LogP contribution is -3.17. The summed E-state index contributed by atoms with van der Waals surface area (Å²) >= 11 is 1.71. The number of hydrogen-bond donors (Lipinski definition) is 3. The van der Waals surface area contributed by atoms with Gasteiger partial charge in [-0.05, 0) is 24.8 Å². The Morgan fingerprint density at radius 3 is 2.76 bits per heavy atom. The summed E-state index contributed by atoms with van der Waals surface area (Å²) in [6.45, 7) is 4.32. The maximum Gasteiger partial charge on any atom is 0.278 e. The molecule has 5 nitrogen and oxygen atoms in total. The van der Waals surface area contributed by atoms with Crippen molar-refractivity contribution in [2.45, 2.75) is 32.2 Å². The molecule has 116 valence electrons. The van der Waals surface area contributed by atoms with E-state index in [4.69, 9.17) is 5.73 Å². The van der Waals surface area contributed by atoms with Crippen molar-refractivity contribution < 1.29 is 14.5 Å². The number of hydrogen-bond acceptors (Lipinski definition) is 3. The van der Waals surface area contributed by atoms with Gasteiger partial charge in [0.1, 0.15) is 0 Å². The molecule has 1 atom stereocenters. The number of amides is 2. The van der Waals surface area contributed by atoms with Gasteiger partial charge in [0.15, 0.2) is 6.04 Å². The van der Waals surface area contributed by atoms with E-state index in [1.54, 1.807) is 11.3 Å². The van der Waals surface area contributed by atoms with Crippen molar-refractivity contribution in [3.63, 3.8) is 0 Å². The van der Waals surface area contributed by atoms with Gasteiger partial charge in [0, 0.05) is 30.2 Å². The van der Waals surface area contributed by atoms with Gasteiger partial charge in [-0.1, -0.05) is 6.07 Å². The summed E-state index contributed by atoms with van der Waals surface area (Å²) in [5, 5.41) is 5.06. The molecule has 1 saturated heterocycles. The summed E-state index contributed by atoms with van der Waals surface area (Å²) in [5.41, 5.74) is 5.33. The van der Waals surface area contributed by atoms with Crippen molar-refractivity contribution in [2.24, 2.45) is 11.7 Å². The van der Waals surface area contributed by atoms with E-state index >= 15 is 0 Å². The van der Waals surface area contributed by atoms with Crippen molar-refractivity contribution in [3.8, 4) is 0 Å². The number of piperidine rings is 1. The van der Waals surface area contributed by atoms with Crippen LogP contribution in [0.2, 0.25) is 0 Å². The first-order valence-corrected chi connectivity index (χ1v) is 8.40. The van der Waals surface area contributed by atoms with Crippen LogP contribution in [0.4, 0.5) is 0 Å². The molecule has 0 unspecified atom stereocenters. The van der Waals surface area contributed by atoms with E-state index in [1.807, 2.05) is 18.4 Å². The van der Waals surface area contributed by atoms with Crippen LogP contribution < -0.4 is 16.0 Å². The van der Waals surface area contributed by atoms with Gasteiger partial charge in [-0.25, -0.2) is 0 Å². The minimum Gasteiger partial charge on any atom is -0.369 e. The third-order valence-corrected chi connectivity index (χ3v) is 5.22. The summed E-state index contributed by atoms with van der Waals surface area (Å²) in [5.74, 6) is -0.121. The maximum atomic E-state index is 12.2. The second-order valence-corrected chi connectivity index (χ2v) is 6.71. The van der Waals surface area contributed by atoms with Crippen LogP contribution in [0.5, 0.6) is 0 Å². The molecule has 0 bridgehead atoms. The molecule has 1 aliphatic rings. The second kappa shape index (κ2) is 7.56. The van der Waals surface area contributed by atoms with E-state index in [0.717, 1.165) is 32.4 Å². The molecule has 2 amide bonds. The number of likely N-dealkylation sites (tertiary alicyclic amines) is 1. The Morgan fingerprint density at radius 1 is 1.48 bits per heavy atom. The van der Waals surface area contributed by atoms with E-state index < -0.39 is 0 Å². The first kappa shape index (κ1) is 16.0. The summed E-state index contributed by atoms with van der Waals surface area (Å²) in [4.78, 5) is 25.9. The van der Waals surface area contributed by atoms with Crippen LogP contribution in [0.3, 0.4) is 0 Å². The molecule has 0 aliphatic carbocycles. The van der Waals surface area contributed by atoms with E-state index in [2.05, 4.69) is 11.4 Å². The van der Waals surface area contributed by atoms with Crippen molar-refractivity contribution >= 4 is 23.2 Å². The van der Waals surface area contributed by atoms with E-state index in [9.17, 15) is 9.59 Å². The minimum absolute atomic E-state index is 0.0113. The Balaban J connectivity index is 1.71. The van der Waals surface area contributed by atoms with Gasteiger partial charge in [-0.3, -0.25) is 9.59 Å². The SMILES string of the molecule is C[C@@H](C(=O)NCCc1cccs1)[NH+]1CCC(C(N)=O)CC1. The van der Waals surface area contributed by atoms with Crippen molar-refractivity contribution in [1.82, 2.24) is 5.32 Å². The number of carbonyl (C=O) groups is 2. The molecule has 1 aromatic rings.